The van der Waals surface area contributed by atoms with Gasteiger partial charge >= 0.3 is 0 Å². The summed E-state index contributed by atoms with van der Waals surface area (Å²) < 4.78 is 5.86. The van der Waals surface area contributed by atoms with E-state index in [0.29, 0.717) is 23.9 Å². The number of thiazole rings is 1. The molecule has 1 aliphatic heterocycles. The van der Waals surface area contributed by atoms with Crippen LogP contribution in [0.3, 0.4) is 0 Å². The van der Waals surface area contributed by atoms with Crippen LogP contribution in [0.25, 0.3) is 21.3 Å². The number of pyridine rings is 1. The minimum Gasteiger partial charge on any atom is -0.419 e. The molecule has 0 N–H and O–H groups in total. The Labute approximate surface area is 136 Å². The van der Waals surface area contributed by atoms with Gasteiger partial charge in [-0.25, -0.2) is 9.97 Å². The fourth-order valence-corrected chi connectivity index (χ4v) is 3.40. The Morgan fingerprint density at radius 3 is 3.13 bits per heavy atom. The van der Waals surface area contributed by atoms with Crippen molar-refractivity contribution in [2.75, 3.05) is 18.5 Å². The molecule has 1 aliphatic rings. The maximum absolute atomic E-state index is 11.0. The van der Waals surface area contributed by atoms with Crippen molar-refractivity contribution >= 4 is 17.2 Å². The van der Waals surface area contributed by atoms with Gasteiger partial charge in [0.2, 0.25) is 11.8 Å². The van der Waals surface area contributed by atoms with Crippen LogP contribution in [-0.2, 0) is 0 Å². The summed E-state index contributed by atoms with van der Waals surface area (Å²) >= 11 is 1.48. The Morgan fingerprint density at radius 1 is 1.43 bits per heavy atom. The average Bonchev–Trinajstić information content (AvgIpc) is 3.23. The third kappa shape index (κ3) is 2.40. The van der Waals surface area contributed by atoms with E-state index in [1.807, 2.05) is 24.1 Å². The second kappa shape index (κ2) is 5.54. The maximum Gasteiger partial charge on any atom is 0.240 e. The number of hydrogen-bond acceptors (Lipinski definition) is 8. The Kier molecular flexibility index (Phi) is 3.38. The van der Waals surface area contributed by atoms with Crippen LogP contribution in [0.2, 0.25) is 0 Å². The molecule has 0 bridgehead atoms. The number of rotatable bonds is 3. The standard InChI is InChI=1S/C15H13N5O2S/c1-20-6-4-10(19-21)12-15(20)22-13(18-12)11-8-17-14(23-11)9-3-2-5-16-7-9/h2-3,5,7-8,10H,4,6H2,1H3. The van der Waals surface area contributed by atoms with Gasteiger partial charge in [-0.15, -0.1) is 11.3 Å². The van der Waals surface area contributed by atoms with E-state index in [9.17, 15) is 4.91 Å². The lowest BCUT2D eigenvalue weighted by atomic mass is 10.1. The second-order valence-corrected chi connectivity index (χ2v) is 6.34. The third-order valence-corrected chi connectivity index (χ3v) is 4.82. The molecule has 0 spiro atoms. The molecule has 3 aromatic rings. The average molecular weight is 327 g/mol. The van der Waals surface area contributed by atoms with Gasteiger partial charge in [0, 0.05) is 31.5 Å². The highest BCUT2D eigenvalue weighted by molar-refractivity contribution is 7.18. The zero-order valence-corrected chi connectivity index (χ0v) is 13.2. The van der Waals surface area contributed by atoms with Crippen LogP contribution in [0.5, 0.6) is 0 Å². The molecule has 0 aromatic carbocycles. The molecule has 0 saturated carbocycles. The number of fused-ring (bicyclic) bond motifs is 1. The van der Waals surface area contributed by atoms with Crippen molar-refractivity contribution in [3.05, 3.63) is 41.3 Å². The van der Waals surface area contributed by atoms with Gasteiger partial charge in [0.1, 0.15) is 21.6 Å². The third-order valence-electron chi connectivity index (χ3n) is 3.79. The minimum absolute atomic E-state index is 0.440. The van der Waals surface area contributed by atoms with E-state index < -0.39 is 6.04 Å². The molecule has 4 heterocycles. The number of oxazole rings is 1. The van der Waals surface area contributed by atoms with E-state index in [2.05, 4.69) is 20.1 Å². The number of hydrogen-bond donors (Lipinski definition) is 0. The van der Waals surface area contributed by atoms with Gasteiger partial charge in [0.25, 0.3) is 0 Å². The highest BCUT2D eigenvalue weighted by Gasteiger charge is 2.31. The van der Waals surface area contributed by atoms with E-state index >= 15 is 0 Å². The van der Waals surface area contributed by atoms with E-state index in [4.69, 9.17) is 4.42 Å². The molecule has 0 amide bonds. The molecule has 7 nitrogen and oxygen atoms in total. The van der Waals surface area contributed by atoms with Crippen LogP contribution in [0.15, 0.2) is 40.3 Å². The van der Waals surface area contributed by atoms with Crippen molar-refractivity contribution in [3.8, 4) is 21.3 Å². The summed E-state index contributed by atoms with van der Waals surface area (Å²) in [6.45, 7) is 0.724. The fourth-order valence-electron chi connectivity index (χ4n) is 2.57. The lowest BCUT2D eigenvalue weighted by Gasteiger charge is -2.23. The predicted octanol–water partition coefficient (Wildman–Crippen LogP) is 3.51. The summed E-state index contributed by atoms with van der Waals surface area (Å²) in [5, 5.41) is 4.01. The van der Waals surface area contributed by atoms with Gasteiger partial charge < -0.3 is 9.32 Å². The van der Waals surface area contributed by atoms with E-state index in [1.165, 1.54) is 11.3 Å². The molecule has 3 aromatic heterocycles. The number of nitroso groups, excluding NO2 is 1. The van der Waals surface area contributed by atoms with E-state index in [0.717, 1.165) is 22.0 Å². The van der Waals surface area contributed by atoms with Crippen molar-refractivity contribution in [3.63, 3.8) is 0 Å². The second-order valence-electron chi connectivity index (χ2n) is 5.31. The molecule has 4 rings (SSSR count). The molecule has 116 valence electrons. The van der Waals surface area contributed by atoms with E-state index in [-0.39, 0.29) is 0 Å². The number of anilines is 1. The first-order valence-electron chi connectivity index (χ1n) is 7.17. The lowest BCUT2D eigenvalue weighted by molar-refractivity contribution is 0.521. The molecule has 1 atom stereocenters. The zero-order chi connectivity index (χ0) is 15.8. The Bertz CT molecular complexity index is 845. The topological polar surface area (TPSA) is 84.5 Å². The molecule has 0 saturated heterocycles. The van der Waals surface area contributed by atoms with Gasteiger partial charge in [-0.05, 0) is 18.6 Å². The normalized spacial score (nSPS) is 17.1. The lowest BCUT2D eigenvalue weighted by Crippen LogP contribution is -2.25. The first-order chi connectivity index (χ1) is 11.3. The summed E-state index contributed by atoms with van der Waals surface area (Å²) in [5.74, 6) is 1.09. The van der Waals surface area contributed by atoms with Crippen molar-refractivity contribution in [2.45, 2.75) is 12.5 Å². The van der Waals surface area contributed by atoms with Crippen molar-refractivity contribution in [1.82, 2.24) is 15.0 Å². The molecular weight excluding hydrogens is 314 g/mol. The molecule has 0 aliphatic carbocycles. The fraction of sp³-hybridized carbons (Fsp3) is 0.267. The Morgan fingerprint density at radius 2 is 2.35 bits per heavy atom. The molecule has 0 radical (unpaired) electrons. The maximum atomic E-state index is 11.0. The molecule has 23 heavy (non-hydrogen) atoms. The van der Waals surface area contributed by atoms with Gasteiger partial charge in [0.15, 0.2) is 0 Å². The Balaban J connectivity index is 1.72. The number of aromatic nitrogens is 3. The van der Waals surface area contributed by atoms with Crippen molar-refractivity contribution in [1.29, 1.82) is 0 Å². The molecule has 8 heteroatoms. The summed E-state index contributed by atoms with van der Waals surface area (Å²) in [5.41, 5.74) is 1.56. The van der Waals surface area contributed by atoms with Crippen LogP contribution < -0.4 is 4.90 Å². The molecule has 0 fully saturated rings. The molecular formula is C15H13N5O2S. The zero-order valence-electron chi connectivity index (χ0n) is 12.3. The van der Waals surface area contributed by atoms with Gasteiger partial charge in [-0.3, -0.25) is 4.98 Å². The van der Waals surface area contributed by atoms with Crippen LogP contribution >= 0.6 is 11.3 Å². The first kappa shape index (κ1) is 14.0. The summed E-state index contributed by atoms with van der Waals surface area (Å²) in [6, 6.07) is 3.38. The van der Waals surface area contributed by atoms with Crippen molar-refractivity contribution in [2.24, 2.45) is 5.18 Å². The van der Waals surface area contributed by atoms with Crippen LogP contribution in [-0.4, -0.2) is 28.5 Å². The Hall–Kier alpha value is -2.61. The summed E-state index contributed by atoms with van der Waals surface area (Å²) in [7, 11) is 1.92. The van der Waals surface area contributed by atoms with Crippen LogP contribution in [0.1, 0.15) is 18.2 Å². The van der Waals surface area contributed by atoms with Gasteiger partial charge in [0.05, 0.1) is 6.20 Å². The smallest absolute Gasteiger partial charge is 0.240 e. The van der Waals surface area contributed by atoms with Crippen LogP contribution in [0, 0.1) is 4.91 Å². The highest BCUT2D eigenvalue weighted by atomic mass is 32.1. The molecule has 1 unspecified atom stereocenters. The van der Waals surface area contributed by atoms with Crippen molar-refractivity contribution < 1.29 is 4.42 Å². The first-order valence-corrected chi connectivity index (χ1v) is 7.99. The summed E-state index contributed by atoms with van der Waals surface area (Å²) in [4.78, 5) is 26.8. The quantitative estimate of drug-likeness (QED) is 0.684. The SMILES string of the molecule is CN1CCC(N=O)c2nc(-c3cnc(-c4cccnc4)s3)oc21. The van der Waals surface area contributed by atoms with Gasteiger partial charge in [-0.1, -0.05) is 5.18 Å². The van der Waals surface area contributed by atoms with E-state index in [1.54, 1.807) is 18.6 Å². The van der Waals surface area contributed by atoms with Crippen LogP contribution in [0.4, 0.5) is 5.88 Å². The van der Waals surface area contributed by atoms with Gasteiger partial charge in [-0.2, -0.15) is 4.91 Å². The monoisotopic (exact) mass is 327 g/mol. The predicted molar refractivity (Wildman–Crippen MR) is 87.3 cm³/mol. The summed E-state index contributed by atoms with van der Waals surface area (Å²) in [6.07, 6.45) is 5.88. The number of nitrogens with zero attached hydrogens (tertiary/aromatic N) is 5. The minimum atomic E-state index is -0.440. The highest BCUT2D eigenvalue weighted by Crippen LogP contribution is 2.40. The largest absolute Gasteiger partial charge is 0.419 e.